The lowest BCUT2D eigenvalue weighted by Gasteiger charge is -2.43. The third-order valence-corrected chi connectivity index (χ3v) is 7.61. The molecule has 3 aromatic rings. The number of halogens is 5. The number of aromatic nitrogens is 4. The van der Waals surface area contributed by atoms with E-state index in [-0.39, 0.29) is 21.7 Å². The molecule has 4 heterocycles. The Morgan fingerprint density at radius 2 is 1.97 bits per heavy atom. The lowest BCUT2D eigenvalue weighted by atomic mass is 9.91. The van der Waals surface area contributed by atoms with Crippen LogP contribution in [0.5, 0.6) is 0 Å². The quantitative estimate of drug-likeness (QED) is 0.351. The molecule has 0 bridgehead atoms. The van der Waals surface area contributed by atoms with Crippen LogP contribution in [-0.2, 0) is 10.9 Å². The first kappa shape index (κ1) is 27.1. The number of hydrazone groups is 1. The van der Waals surface area contributed by atoms with E-state index in [0.717, 1.165) is 18.2 Å². The Labute approximate surface area is 227 Å². The van der Waals surface area contributed by atoms with Crippen molar-refractivity contribution < 1.29 is 33.2 Å². The fourth-order valence-electron chi connectivity index (χ4n) is 4.47. The highest BCUT2D eigenvalue weighted by Crippen LogP contribution is 2.41. The number of rotatable bonds is 5. The number of ether oxygens (including phenoxy) is 1. The number of alkyl halides is 3. The summed E-state index contributed by atoms with van der Waals surface area (Å²) in [5.41, 5.74) is 1.71. The van der Waals surface area contributed by atoms with Gasteiger partial charge >= 0.3 is 6.18 Å². The van der Waals surface area contributed by atoms with Gasteiger partial charge in [0.1, 0.15) is 52.5 Å². The molecule has 204 valence electrons. The van der Waals surface area contributed by atoms with Crippen molar-refractivity contribution in [3.05, 3.63) is 45.5 Å². The van der Waals surface area contributed by atoms with Crippen LogP contribution in [0.4, 0.5) is 18.9 Å². The molecule has 0 saturated carbocycles. The van der Waals surface area contributed by atoms with Gasteiger partial charge in [0.2, 0.25) is 0 Å². The van der Waals surface area contributed by atoms with Crippen LogP contribution in [0.25, 0.3) is 10.7 Å². The van der Waals surface area contributed by atoms with Gasteiger partial charge in [-0.1, -0.05) is 28.4 Å². The molecule has 0 aliphatic carbocycles. The maximum Gasteiger partial charge on any atom is 0.418 e. The Kier molecular flexibility index (Phi) is 7.28. The predicted molar refractivity (Wildman–Crippen MR) is 132 cm³/mol. The van der Waals surface area contributed by atoms with Crippen LogP contribution in [0.1, 0.15) is 18.5 Å². The number of aliphatic hydroxyl groups is 3. The van der Waals surface area contributed by atoms with Crippen molar-refractivity contribution in [1.29, 1.82) is 0 Å². The van der Waals surface area contributed by atoms with E-state index in [9.17, 15) is 28.5 Å². The lowest BCUT2D eigenvalue weighted by molar-refractivity contribution is -0.185. The Hall–Kier alpha value is -2.53. The monoisotopic (exact) mass is 593 g/mol. The van der Waals surface area contributed by atoms with Crippen molar-refractivity contribution in [3.8, 4) is 10.7 Å². The minimum absolute atomic E-state index is 0.0514. The number of thiazole rings is 1. The summed E-state index contributed by atoms with van der Waals surface area (Å²) >= 11 is 13.1. The number of aliphatic hydroxyl groups excluding tert-OH is 3. The smallest absolute Gasteiger partial charge is 0.394 e. The molecule has 4 N–H and O–H groups in total. The Morgan fingerprint density at radius 3 is 2.63 bits per heavy atom. The third kappa shape index (κ3) is 4.83. The molecule has 17 heteroatoms. The highest BCUT2D eigenvalue weighted by atomic mass is 35.5. The first-order valence-corrected chi connectivity index (χ1v) is 12.8. The number of nitrogens with zero attached hydrogens (tertiary/aromatic N) is 6. The van der Waals surface area contributed by atoms with Gasteiger partial charge in [-0.05, 0) is 25.1 Å². The summed E-state index contributed by atoms with van der Waals surface area (Å²) in [6.07, 6.45) is -9.75. The van der Waals surface area contributed by atoms with Gasteiger partial charge < -0.3 is 25.0 Å². The molecule has 0 radical (unpaired) electrons. The highest BCUT2D eigenvalue weighted by molar-refractivity contribution is 7.13. The number of nitrogens with one attached hydrogen (secondary N) is 1. The van der Waals surface area contributed by atoms with Gasteiger partial charge in [-0.15, -0.1) is 16.4 Å². The molecule has 1 unspecified atom stereocenters. The molecule has 2 aromatic heterocycles. The van der Waals surface area contributed by atoms with Gasteiger partial charge in [-0.25, -0.2) is 9.67 Å². The number of amidine groups is 1. The Balaban J connectivity index is 1.53. The zero-order chi connectivity index (χ0) is 27.4. The second-order valence-electron chi connectivity index (χ2n) is 8.61. The van der Waals surface area contributed by atoms with Crippen LogP contribution in [-0.4, -0.2) is 78.3 Å². The van der Waals surface area contributed by atoms with E-state index in [4.69, 9.17) is 27.9 Å². The van der Waals surface area contributed by atoms with E-state index in [1.807, 2.05) is 0 Å². The van der Waals surface area contributed by atoms with E-state index < -0.39 is 55.0 Å². The van der Waals surface area contributed by atoms with Crippen molar-refractivity contribution in [3.63, 3.8) is 0 Å². The largest absolute Gasteiger partial charge is 0.418 e. The molecule has 38 heavy (non-hydrogen) atoms. The molecule has 0 amide bonds. The molecule has 5 rings (SSSR count). The Morgan fingerprint density at radius 1 is 1.21 bits per heavy atom. The van der Waals surface area contributed by atoms with Gasteiger partial charge in [0.25, 0.3) is 0 Å². The van der Waals surface area contributed by atoms with Crippen LogP contribution in [0.15, 0.2) is 34.9 Å². The molecular formula is C21H20Cl2F3N7O4S. The minimum Gasteiger partial charge on any atom is -0.394 e. The molecular weight excluding hydrogens is 574 g/mol. The fraction of sp³-hybridized carbons (Fsp3) is 0.429. The van der Waals surface area contributed by atoms with Crippen LogP contribution in [0.3, 0.4) is 0 Å². The topological polar surface area (TPSA) is 141 Å². The highest BCUT2D eigenvalue weighted by Gasteiger charge is 2.51. The van der Waals surface area contributed by atoms with Gasteiger partial charge in [-0.2, -0.15) is 18.3 Å². The summed E-state index contributed by atoms with van der Waals surface area (Å²) in [5.74, 6) is -0.111. The van der Waals surface area contributed by atoms with Gasteiger partial charge in [-0.3, -0.25) is 5.43 Å². The molecule has 2 aliphatic heterocycles. The molecule has 1 aromatic carbocycles. The van der Waals surface area contributed by atoms with Gasteiger partial charge in [0.15, 0.2) is 5.84 Å². The van der Waals surface area contributed by atoms with Crippen molar-refractivity contribution in [2.24, 2.45) is 5.10 Å². The van der Waals surface area contributed by atoms with Gasteiger partial charge in [0.05, 0.1) is 24.1 Å². The SMILES string of the molecule is CC1NN=C([C@@H]2O[C@H](CO)[C@H](O)[C@H](n3cc(-c4nc(Cl)cs4)nn3)[C@H]2O)N1c1cc(Cl)ccc1C(F)(F)F. The minimum atomic E-state index is -4.72. The maximum atomic E-state index is 13.9. The predicted octanol–water partition coefficient (Wildman–Crippen LogP) is 2.52. The summed E-state index contributed by atoms with van der Waals surface area (Å²) < 4.78 is 48.7. The van der Waals surface area contributed by atoms with E-state index in [1.54, 1.807) is 12.3 Å². The van der Waals surface area contributed by atoms with Crippen molar-refractivity contribution >= 4 is 46.1 Å². The van der Waals surface area contributed by atoms with E-state index >= 15 is 0 Å². The third-order valence-electron chi connectivity index (χ3n) is 6.18. The molecule has 11 nitrogen and oxygen atoms in total. The molecule has 1 fully saturated rings. The van der Waals surface area contributed by atoms with E-state index in [2.05, 4.69) is 25.8 Å². The normalized spacial score (nSPS) is 27.9. The average Bonchev–Trinajstić information content (AvgIpc) is 3.59. The second kappa shape index (κ2) is 10.2. The summed E-state index contributed by atoms with van der Waals surface area (Å²) in [6, 6.07) is 1.89. The summed E-state index contributed by atoms with van der Waals surface area (Å²) in [5, 5.41) is 46.7. The van der Waals surface area contributed by atoms with Crippen LogP contribution >= 0.6 is 34.5 Å². The van der Waals surface area contributed by atoms with Crippen molar-refractivity contribution in [2.75, 3.05) is 11.5 Å². The molecule has 0 spiro atoms. The first-order chi connectivity index (χ1) is 18.0. The fourth-order valence-corrected chi connectivity index (χ4v) is 5.53. The van der Waals surface area contributed by atoms with Crippen molar-refractivity contribution in [1.82, 2.24) is 25.4 Å². The summed E-state index contributed by atoms with van der Waals surface area (Å²) in [7, 11) is 0. The Bertz CT molecular complexity index is 1360. The maximum absolute atomic E-state index is 13.9. The lowest BCUT2D eigenvalue weighted by Crippen LogP contribution is -2.60. The van der Waals surface area contributed by atoms with Crippen molar-refractivity contribution in [2.45, 2.75) is 49.7 Å². The standard InChI is InChI=1S/C21H20Cl2F3N7O4S/c1-8-28-30-19(33(8)12-4-9(22)2-3-10(12)21(24,25)26)18-17(36)15(16(35)13(6-34)37-18)32-5-11(29-31-32)20-27-14(23)7-38-20/h2-5,7-8,13,15-18,28,34-36H,6H2,1H3/t8?,13-,15+,16+,17-,18-/m1/s1. The second-order valence-corrected chi connectivity index (χ2v) is 10.3. The zero-order valence-corrected chi connectivity index (χ0v) is 21.6. The number of hydrogen-bond donors (Lipinski definition) is 4. The summed E-state index contributed by atoms with van der Waals surface area (Å²) in [6.45, 7) is 0.900. The van der Waals surface area contributed by atoms with Crippen LogP contribution in [0, 0.1) is 0 Å². The molecule has 6 atom stereocenters. The zero-order valence-electron chi connectivity index (χ0n) is 19.3. The molecule has 2 aliphatic rings. The van der Waals surface area contributed by atoms with E-state index in [0.29, 0.717) is 10.7 Å². The summed E-state index contributed by atoms with van der Waals surface area (Å²) in [4.78, 5) is 5.32. The van der Waals surface area contributed by atoms with Gasteiger partial charge in [0, 0.05) is 10.4 Å². The number of benzene rings is 1. The van der Waals surface area contributed by atoms with Crippen LogP contribution in [0.2, 0.25) is 10.2 Å². The molecule has 1 saturated heterocycles. The van der Waals surface area contributed by atoms with E-state index in [1.165, 1.54) is 27.1 Å². The number of hydrogen-bond acceptors (Lipinski definition) is 11. The van der Waals surface area contributed by atoms with Crippen LogP contribution < -0.4 is 10.3 Å². The average molecular weight is 594 g/mol. The number of anilines is 1. The first-order valence-electron chi connectivity index (χ1n) is 11.1.